The van der Waals surface area contributed by atoms with Gasteiger partial charge in [0.1, 0.15) is 12.4 Å². The van der Waals surface area contributed by atoms with E-state index in [1.54, 1.807) is 43.3 Å². The molecule has 0 atom stereocenters. The Kier molecular flexibility index (Phi) is 6.23. The zero-order valence-corrected chi connectivity index (χ0v) is 14.7. The van der Waals surface area contributed by atoms with Gasteiger partial charge in [-0.05, 0) is 36.4 Å². The van der Waals surface area contributed by atoms with Crippen molar-refractivity contribution in [3.8, 4) is 5.75 Å². The predicted molar refractivity (Wildman–Crippen MR) is 93.4 cm³/mol. The summed E-state index contributed by atoms with van der Waals surface area (Å²) in [5.74, 6) is 0.140. The minimum atomic E-state index is -3.46. The topological polar surface area (TPSA) is 72.5 Å². The number of amides is 1. The van der Waals surface area contributed by atoms with E-state index in [-0.39, 0.29) is 29.4 Å². The quantitative estimate of drug-likeness (QED) is 0.764. The fourth-order valence-electron chi connectivity index (χ4n) is 2.04. The Morgan fingerprint density at radius 2 is 1.79 bits per heavy atom. The molecule has 0 saturated carbocycles. The van der Waals surface area contributed by atoms with Gasteiger partial charge in [0.05, 0.1) is 22.8 Å². The molecule has 0 heterocycles. The normalized spacial score (nSPS) is 11.1. The van der Waals surface area contributed by atoms with Crippen molar-refractivity contribution in [2.24, 2.45) is 0 Å². The molecule has 0 aliphatic rings. The van der Waals surface area contributed by atoms with Crippen LogP contribution in [0, 0.1) is 0 Å². The first kappa shape index (κ1) is 18.3. The van der Waals surface area contributed by atoms with Crippen LogP contribution in [0.5, 0.6) is 5.75 Å². The summed E-state index contributed by atoms with van der Waals surface area (Å²) in [6, 6.07) is 13.1. The van der Waals surface area contributed by atoms with Crippen LogP contribution in [-0.4, -0.2) is 33.2 Å². The van der Waals surface area contributed by atoms with Gasteiger partial charge in [0, 0.05) is 5.02 Å². The number of carbonyl (C=O) groups excluding carboxylic acids is 1. The molecule has 1 N–H and O–H groups in total. The molecular weight excluding hydrogens is 350 g/mol. The molecule has 0 spiro atoms. The van der Waals surface area contributed by atoms with Crippen LogP contribution in [0.4, 0.5) is 0 Å². The van der Waals surface area contributed by atoms with Gasteiger partial charge >= 0.3 is 0 Å². The molecule has 2 aromatic rings. The summed E-state index contributed by atoms with van der Waals surface area (Å²) in [6.45, 7) is 2.06. The molecule has 0 saturated heterocycles. The molecule has 2 rings (SSSR count). The molecule has 2 aromatic carbocycles. The van der Waals surface area contributed by atoms with Gasteiger partial charge in [0.15, 0.2) is 9.84 Å². The number of halogens is 1. The lowest BCUT2D eigenvalue weighted by Gasteiger charge is -2.11. The van der Waals surface area contributed by atoms with E-state index in [0.717, 1.165) is 0 Å². The van der Waals surface area contributed by atoms with Crippen molar-refractivity contribution >= 4 is 27.3 Å². The van der Waals surface area contributed by atoms with Crippen LogP contribution in [0.2, 0.25) is 5.02 Å². The van der Waals surface area contributed by atoms with E-state index in [2.05, 4.69) is 5.32 Å². The number of nitrogens with one attached hydrogen (secondary N) is 1. The van der Waals surface area contributed by atoms with Crippen LogP contribution in [0.1, 0.15) is 17.3 Å². The fraction of sp³-hybridized carbons (Fsp3) is 0.235. The van der Waals surface area contributed by atoms with Crippen LogP contribution in [-0.2, 0) is 9.84 Å². The lowest BCUT2D eigenvalue weighted by Crippen LogP contribution is -2.29. The van der Waals surface area contributed by atoms with E-state index in [0.29, 0.717) is 10.8 Å². The Morgan fingerprint density at radius 3 is 2.46 bits per heavy atom. The second-order valence-corrected chi connectivity index (χ2v) is 7.64. The van der Waals surface area contributed by atoms with Gasteiger partial charge in [-0.15, -0.1) is 0 Å². The molecule has 0 aliphatic heterocycles. The monoisotopic (exact) mass is 367 g/mol. The Morgan fingerprint density at radius 1 is 1.12 bits per heavy atom. The maximum absolute atomic E-state index is 12.2. The second-order valence-electron chi connectivity index (χ2n) is 4.96. The molecule has 128 valence electrons. The summed E-state index contributed by atoms with van der Waals surface area (Å²) >= 11 is 5.78. The highest BCUT2D eigenvalue weighted by atomic mass is 35.5. The highest BCUT2D eigenvalue weighted by Gasteiger charge is 2.20. The standard InChI is InChI=1S/C17H18ClNO4S/c1-2-24(21,22)16-6-4-3-5-15(16)17(20)19-11-12-23-14-9-7-13(18)8-10-14/h3-10H,2,11-12H2,1H3,(H,19,20). The third-order valence-corrected chi connectivity index (χ3v) is 5.35. The molecule has 0 aliphatic carbocycles. The predicted octanol–water partition coefficient (Wildman–Crippen LogP) is 2.94. The number of rotatable bonds is 7. The number of ether oxygens (including phenoxy) is 1. The Balaban J connectivity index is 1.95. The van der Waals surface area contributed by atoms with E-state index in [1.165, 1.54) is 12.1 Å². The number of hydrogen-bond acceptors (Lipinski definition) is 4. The van der Waals surface area contributed by atoms with Crippen LogP contribution >= 0.6 is 11.6 Å². The van der Waals surface area contributed by atoms with Crippen molar-refractivity contribution in [2.45, 2.75) is 11.8 Å². The van der Waals surface area contributed by atoms with E-state index in [1.807, 2.05) is 0 Å². The summed E-state index contributed by atoms with van der Waals surface area (Å²) in [4.78, 5) is 12.3. The second kappa shape index (κ2) is 8.17. The molecule has 0 radical (unpaired) electrons. The lowest BCUT2D eigenvalue weighted by atomic mass is 10.2. The average Bonchev–Trinajstić information content (AvgIpc) is 2.60. The van der Waals surface area contributed by atoms with Crippen LogP contribution in [0.25, 0.3) is 0 Å². The largest absolute Gasteiger partial charge is 0.492 e. The lowest BCUT2D eigenvalue weighted by molar-refractivity contribution is 0.0943. The molecule has 0 fully saturated rings. The van der Waals surface area contributed by atoms with Gasteiger partial charge in [-0.3, -0.25) is 4.79 Å². The highest BCUT2D eigenvalue weighted by molar-refractivity contribution is 7.91. The number of carbonyl (C=O) groups is 1. The van der Waals surface area contributed by atoms with Gasteiger partial charge in [0.2, 0.25) is 0 Å². The van der Waals surface area contributed by atoms with Crippen molar-refractivity contribution < 1.29 is 17.9 Å². The number of sulfone groups is 1. The van der Waals surface area contributed by atoms with E-state index in [9.17, 15) is 13.2 Å². The SMILES string of the molecule is CCS(=O)(=O)c1ccccc1C(=O)NCCOc1ccc(Cl)cc1. The van der Waals surface area contributed by atoms with E-state index >= 15 is 0 Å². The Bertz CT molecular complexity index is 804. The summed E-state index contributed by atoms with van der Waals surface area (Å²) < 4.78 is 29.6. The zero-order valence-electron chi connectivity index (χ0n) is 13.2. The zero-order chi connectivity index (χ0) is 17.6. The summed E-state index contributed by atoms with van der Waals surface area (Å²) in [6.07, 6.45) is 0. The summed E-state index contributed by atoms with van der Waals surface area (Å²) in [7, 11) is -3.46. The van der Waals surface area contributed by atoms with Crippen molar-refractivity contribution in [2.75, 3.05) is 18.9 Å². The third-order valence-electron chi connectivity index (χ3n) is 3.32. The average molecular weight is 368 g/mol. The molecule has 0 bridgehead atoms. The Hall–Kier alpha value is -2.05. The molecule has 0 aromatic heterocycles. The molecule has 0 unspecified atom stereocenters. The molecule has 24 heavy (non-hydrogen) atoms. The smallest absolute Gasteiger partial charge is 0.252 e. The van der Waals surface area contributed by atoms with Crippen LogP contribution < -0.4 is 10.1 Å². The first-order valence-electron chi connectivity index (χ1n) is 7.42. The van der Waals surface area contributed by atoms with E-state index < -0.39 is 15.7 Å². The molecular formula is C17H18ClNO4S. The van der Waals surface area contributed by atoms with Crippen molar-refractivity contribution in [1.29, 1.82) is 0 Å². The third kappa shape index (κ3) is 4.72. The highest BCUT2D eigenvalue weighted by Crippen LogP contribution is 2.17. The molecule has 1 amide bonds. The van der Waals surface area contributed by atoms with Crippen LogP contribution in [0.15, 0.2) is 53.4 Å². The molecule has 5 nitrogen and oxygen atoms in total. The Labute approximate surface area is 146 Å². The van der Waals surface area contributed by atoms with Gasteiger partial charge < -0.3 is 10.1 Å². The minimum Gasteiger partial charge on any atom is -0.492 e. The van der Waals surface area contributed by atoms with Crippen molar-refractivity contribution in [3.63, 3.8) is 0 Å². The maximum Gasteiger partial charge on any atom is 0.252 e. The number of hydrogen-bond donors (Lipinski definition) is 1. The van der Waals surface area contributed by atoms with Gasteiger partial charge in [-0.25, -0.2) is 8.42 Å². The van der Waals surface area contributed by atoms with Crippen LogP contribution in [0.3, 0.4) is 0 Å². The first-order valence-corrected chi connectivity index (χ1v) is 9.45. The first-order chi connectivity index (χ1) is 11.4. The maximum atomic E-state index is 12.2. The summed E-state index contributed by atoms with van der Waals surface area (Å²) in [5.41, 5.74) is 0.144. The van der Waals surface area contributed by atoms with Gasteiger partial charge in [-0.2, -0.15) is 0 Å². The van der Waals surface area contributed by atoms with Crippen molar-refractivity contribution in [1.82, 2.24) is 5.32 Å². The number of benzene rings is 2. The minimum absolute atomic E-state index is 0.0450. The molecule has 7 heteroatoms. The summed E-state index contributed by atoms with van der Waals surface area (Å²) in [5, 5.41) is 3.28. The van der Waals surface area contributed by atoms with Gasteiger partial charge in [-0.1, -0.05) is 30.7 Å². The van der Waals surface area contributed by atoms with E-state index in [4.69, 9.17) is 16.3 Å². The van der Waals surface area contributed by atoms with Crippen molar-refractivity contribution in [3.05, 3.63) is 59.1 Å². The fourth-order valence-corrected chi connectivity index (χ4v) is 3.26. The van der Waals surface area contributed by atoms with Gasteiger partial charge in [0.25, 0.3) is 5.91 Å².